The molecule has 1 aliphatic rings. The van der Waals surface area contributed by atoms with Gasteiger partial charge >= 0.3 is 0 Å². The molecule has 16 heavy (non-hydrogen) atoms. The van der Waals surface area contributed by atoms with E-state index < -0.39 is 0 Å². The van der Waals surface area contributed by atoms with E-state index in [2.05, 4.69) is 28.2 Å². The number of benzene rings is 1. The first-order valence-electron chi connectivity index (χ1n) is 5.93. The quantitative estimate of drug-likeness (QED) is 0.478. The second-order valence-corrected chi connectivity index (χ2v) is 4.36. The van der Waals surface area contributed by atoms with Crippen molar-refractivity contribution in [1.82, 2.24) is 4.90 Å². The van der Waals surface area contributed by atoms with Gasteiger partial charge in [-0.25, -0.2) is 0 Å². The number of hydrogen-bond acceptors (Lipinski definition) is 3. The molecule has 0 saturated carbocycles. The average Bonchev–Trinajstić information content (AvgIpc) is 2.31. The van der Waals surface area contributed by atoms with Gasteiger partial charge in [0.15, 0.2) is 0 Å². The van der Waals surface area contributed by atoms with Crippen LogP contribution in [0.3, 0.4) is 0 Å². The molecule has 1 saturated heterocycles. The molecule has 1 aromatic rings. The van der Waals surface area contributed by atoms with Crippen LogP contribution >= 0.6 is 0 Å². The van der Waals surface area contributed by atoms with E-state index in [0.717, 1.165) is 12.1 Å². The Balaban J connectivity index is 1.99. The molecular weight excluding hydrogens is 198 g/mol. The Kier molecular flexibility index (Phi) is 3.94. The van der Waals surface area contributed by atoms with Gasteiger partial charge in [0.1, 0.15) is 0 Å². The Morgan fingerprint density at radius 1 is 1.25 bits per heavy atom. The maximum Gasteiger partial charge on any atom is 0.0538 e. The molecular formula is C13H19N3. The summed E-state index contributed by atoms with van der Waals surface area (Å²) >= 11 is 0. The van der Waals surface area contributed by atoms with Crippen molar-refractivity contribution in [3.8, 4) is 0 Å². The van der Waals surface area contributed by atoms with Crippen molar-refractivity contribution < 1.29 is 0 Å². The van der Waals surface area contributed by atoms with Crippen molar-refractivity contribution in [3.63, 3.8) is 0 Å². The third-order valence-corrected chi connectivity index (χ3v) is 3.03. The summed E-state index contributed by atoms with van der Waals surface area (Å²) in [6.07, 6.45) is 5.75. The van der Waals surface area contributed by atoms with E-state index in [1.165, 1.54) is 37.9 Å². The highest BCUT2D eigenvalue weighted by atomic mass is 15.1. The van der Waals surface area contributed by atoms with Crippen molar-refractivity contribution in [1.29, 1.82) is 0 Å². The molecule has 3 heteroatoms. The lowest BCUT2D eigenvalue weighted by molar-refractivity contribution is 0.221. The zero-order chi connectivity index (χ0) is 11.2. The number of likely N-dealkylation sites (tertiary alicyclic amines) is 1. The van der Waals surface area contributed by atoms with E-state index in [-0.39, 0.29) is 0 Å². The van der Waals surface area contributed by atoms with Crippen molar-refractivity contribution >= 4 is 6.21 Å². The summed E-state index contributed by atoms with van der Waals surface area (Å²) in [5, 5.41) is 3.56. The molecule has 0 spiro atoms. The fourth-order valence-electron chi connectivity index (χ4n) is 2.23. The van der Waals surface area contributed by atoms with Gasteiger partial charge in [0.25, 0.3) is 0 Å². The molecule has 0 amide bonds. The standard InChI is InChI=1S/C13H19N3/c14-15-10-12-5-4-6-13(9-12)11-16-7-2-1-3-8-16/h4-6,9-10H,1-3,7-8,11,14H2. The van der Waals surface area contributed by atoms with Gasteiger partial charge < -0.3 is 5.84 Å². The van der Waals surface area contributed by atoms with E-state index in [4.69, 9.17) is 5.84 Å². The lowest BCUT2D eigenvalue weighted by Crippen LogP contribution is -2.29. The fourth-order valence-corrected chi connectivity index (χ4v) is 2.23. The van der Waals surface area contributed by atoms with Crippen LogP contribution in [0.25, 0.3) is 0 Å². The van der Waals surface area contributed by atoms with E-state index in [1.807, 2.05) is 6.07 Å². The smallest absolute Gasteiger partial charge is 0.0538 e. The largest absolute Gasteiger partial charge is 0.323 e. The molecule has 0 unspecified atom stereocenters. The Morgan fingerprint density at radius 3 is 2.81 bits per heavy atom. The first-order chi connectivity index (χ1) is 7.88. The van der Waals surface area contributed by atoms with Gasteiger partial charge in [-0.15, -0.1) is 0 Å². The van der Waals surface area contributed by atoms with Crippen LogP contribution in [0.4, 0.5) is 0 Å². The van der Waals surface area contributed by atoms with Crippen molar-refractivity contribution in [2.75, 3.05) is 13.1 Å². The number of nitrogens with zero attached hydrogens (tertiary/aromatic N) is 2. The minimum Gasteiger partial charge on any atom is -0.323 e. The number of nitrogens with two attached hydrogens (primary N) is 1. The molecule has 2 rings (SSSR count). The van der Waals surface area contributed by atoms with Crippen molar-refractivity contribution in [2.45, 2.75) is 25.8 Å². The highest BCUT2D eigenvalue weighted by molar-refractivity contribution is 5.79. The van der Waals surface area contributed by atoms with E-state index in [9.17, 15) is 0 Å². The minimum atomic E-state index is 1.05. The van der Waals surface area contributed by atoms with Gasteiger partial charge in [0.05, 0.1) is 6.21 Å². The summed E-state index contributed by atoms with van der Waals surface area (Å²) in [6, 6.07) is 8.42. The summed E-state index contributed by atoms with van der Waals surface area (Å²) in [7, 11) is 0. The molecule has 2 N–H and O–H groups in total. The molecule has 0 aromatic heterocycles. The van der Waals surface area contributed by atoms with Crippen LogP contribution in [0, 0.1) is 0 Å². The normalized spacial score (nSPS) is 18.0. The number of piperidine rings is 1. The predicted molar refractivity (Wildman–Crippen MR) is 67.4 cm³/mol. The lowest BCUT2D eigenvalue weighted by atomic mass is 10.1. The molecule has 3 nitrogen and oxygen atoms in total. The first kappa shape index (κ1) is 11.1. The third-order valence-electron chi connectivity index (χ3n) is 3.03. The number of hydrogen-bond donors (Lipinski definition) is 1. The van der Waals surface area contributed by atoms with Crippen LogP contribution in [0.15, 0.2) is 29.4 Å². The molecule has 86 valence electrons. The van der Waals surface area contributed by atoms with E-state index >= 15 is 0 Å². The molecule has 1 aromatic carbocycles. The van der Waals surface area contributed by atoms with Gasteiger partial charge in [0, 0.05) is 6.54 Å². The Labute approximate surface area is 96.9 Å². The monoisotopic (exact) mass is 217 g/mol. The Bertz CT molecular complexity index is 354. The minimum absolute atomic E-state index is 1.05. The topological polar surface area (TPSA) is 41.6 Å². The summed E-state index contributed by atoms with van der Waals surface area (Å²) in [6.45, 7) is 3.51. The van der Waals surface area contributed by atoms with Gasteiger partial charge in [-0.1, -0.05) is 24.6 Å². The predicted octanol–water partition coefficient (Wildman–Crippen LogP) is 1.97. The maximum atomic E-state index is 5.15. The van der Waals surface area contributed by atoms with Crippen molar-refractivity contribution in [3.05, 3.63) is 35.4 Å². The molecule has 0 radical (unpaired) electrons. The second-order valence-electron chi connectivity index (χ2n) is 4.36. The van der Waals surface area contributed by atoms with Gasteiger partial charge in [-0.05, 0) is 43.1 Å². The fraction of sp³-hybridized carbons (Fsp3) is 0.462. The van der Waals surface area contributed by atoms with E-state index in [1.54, 1.807) is 6.21 Å². The van der Waals surface area contributed by atoms with Crippen LogP contribution < -0.4 is 5.84 Å². The molecule has 0 atom stereocenters. The Hall–Kier alpha value is -1.35. The second kappa shape index (κ2) is 5.66. The van der Waals surface area contributed by atoms with Crippen LogP contribution in [-0.2, 0) is 6.54 Å². The molecule has 1 fully saturated rings. The summed E-state index contributed by atoms with van der Waals surface area (Å²) in [5.41, 5.74) is 2.43. The molecule has 0 bridgehead atoms. The third kappa shape index (κ3) is 3.07. The maximum absolute atomic E-state index is 5.15. The lowest BCUT2D eigenvalue weighted by Gasteiger charge is -2.26. The van der Waals surface area contributed by atoms with Crippen LogP contribution in [0.2, 0.25) is 0 Å². The molecule has 0 aliphatic carbocycles. The number of rotatable bonds is 3. The average molecular weight is 217 g/mol. The van der Waals surface area contributed by atoms with Gasteiger partial charge in [-0.3, -0.25) is 4.90 Å². The highest BCUT2D eigenvalue weighted by Crippen LogP contribution is 2.13. The van der Waals surface area contributed by atoms with Crippen LogP contribution in [0.1, 0.15) is 30.4 Å². The molecule has 1 heterocycles. The molecule has 1 aliphatic heterocycles. The number of hydrazone groups is 1. The first-order valence-corrected chi connectivity index (χ1v) is 5.93. The zero-order valence-corrected chi connectivity index (χ0v) is 9.60. The SMILES string of the molecule is NN=Cc1cccc(CN2CCCCC2)c1. The highest BCUT2D eigenvalue weighted by Gasteiger charge is 2.10. The van der Waals surface area contributed by atoms with Crippen molar-refractivity contribution in [2.24, 2.45) is 10.9 Å². The van der Waals surface area contributed by atoms with E-state index in [0.29, 0.717) is 0 Å². The zero-order valence-electron chi connectivity index (χ0n) is 9.60. The van der Waals surface area contributed by atoms with Gasteiger partial charge in [-0.2, -0.15) is 5.10 Å². The Morgan fingerprint density at radius 2 is 2.06 bits per heavy atom. The summed E-state index contributed by atoms with van der Waals surface area (Å²) in [5.74, 6) is 5.15. The summed E-state index contributed by atoms with van der Waals surface area (Å²) in [4.78, 5) is 2.52. The van der Waals surface area contributed by atoms with Crippen LogP contribution in [0.5, 0.6) is 0 Å². The van der Waals surface area contributed by atoms with Crippen LogP contribution in [-0.4, -0.2) is 24.2 Å². The van der Waals surface area contributed by atoms with Gasteiger partial charge in [0.2, 0.25) is 0 Å². The summed E-state index contributed by atoms with van der Waals surface area (Å²) < 4.78 is 0.